The highest BCUT2D eigenvalue weighted by Crippen LogP contribution is 2.21. The molecule has 0 atom stereocenters. The number of aryl methyl sites for hydroxylation is 1. The Balaban J connectivity index is 2.35. The maximum absolute atomic E-state index is 8.35. The van der Waals surface area contributed by atoms with E-state index < -0.39 is 0 Å². The van der Waals surface area contributed by atoms with E-state index in [4.69, 9.17) is 21.6 Å². The number of ether oxygens (including phenoxy) is 1. The smallest absolute Gasteiger partial charge is 0.122 e. The summed E-state index contributed by atoms with van der Waals surface area (Å²) in [6.07, 6.45) is 2.40. The SMILES string of the molecule is Cc1cc(Cl)ccc1OCCCCC#N. The summed E-state index contributed by atoms with van der Waals surface area (Å²) < 4.78 is 5.57. The summed E-state index contributed by atoms with van der Waals surface area (Å²) in [6, 6.07) is 7.69. The molecular formula is C12H14ClNO. The Morgan fingerprint density at radius 3 is 2.87 bits per heavy atom. The van der Waals surface area contributed by atoms with Crippen molar-refractivity contribution in [3.05, 3.63) is 28.8 Å². The summed E-state index contributed by atoms with van der Waals surface area (Å²) in [6.45, 7) is 2.63. The minimum atomic E-state index is 0.600. The normalized spacial score (nSPS) is 9.67. The second-order valence-corrected chi connectivity index (χ2v) is 3.81. The van der Waals surface area contributed by atoms with Crippen LogP contribution >= 0.6 is 11.6 Å². The molecule has 0 aromatic heterocycles. The van der Waals surface area contributed by atoms with Crippen molar-refractivity contribution in [1.82, 2.24) is 0 Å². The van der Waals surface area contributed by atoms with E-state index in [1.807, 2.05) is 25.1 Å². The predicted octanol–water partition coefficient (Wildman–Crippen LogP) is 3.72. The Bertz CT molecular complexity index is 357. The molecule has 0 radical (unpaired) electrons. The molecule has 1 aromatic rings. The Hall–Kier alpha value is -1.20. The van der Waals surface area contributed by atoms with E-state index in [0.717, 1.165) is 29.2 Å². The van der Waals surface area contributed by atoms with Crippen LogP contribution in [0, 0.1) is 18.3 Å². The largest absolute Gasteiger partial charge is 0.493 e. The molecule has 0 N–H and O–H groups in total. The van der Waals surface area contributed by atoms with Gasteiger partial charge in [-0.2, -0.15) is 5.26 Å². The first-order valence-electron chi connectivity index (χ1n) is 5.00. The van der Waals surface area contributed by atoms with Crippen molar-refractivity contribution in [2.45, 2.75) is 26.2 Å². The molecule has 0 heterocycles. The second-order valence-electron chi connectivity index (χ2n) is 3.37. The standard InChI is InChI=1S/C12H14ClNO/c1-10-9-11(13)5-6-12(10)15-8-4-2-3-7-14/h5-6,9H,2-4,8H2,1H3. The van der Waals surface area contributed by atoms with Gasteiger partial charge in [-0.05, 0) is 43.5 Å². The van der Waals surface area contributed by atoms with Gasteiger partial charge in [-0.3, -0.25) is 0 Å². The number of hydrogen-bond donors (Lipinski definition) is 0. The quantitative estimate of drug-likeness (QED) is 0.713. The summed E-state index contributed by atoms with van der Waals surface area (Å²) in [5.74, 6) is 0.872. The second kappa shape index (κ2) is 6.31. The van der Waals surface area contributed by atoms with E-state index in [2.05, 4.69) is 6.07 Å². The highest BCUT2D eigenvalue weighted by atomic mass is 35.5. The van der Waals surface area contributed by atoms with E-state index in [0.29, 0.717) is 13.0 Å². The van der Waals surface area contributed by atoms with Gasteiger partial charge in [-0.25, -0.2) is 0 Å². The van der Waals surface area contributed by atoms with Crippen molar-refractivity contribution < 1.29 is 4.74 Å². The molecule has 1 aromatic carbocycles. The van der Waals surface area contributed by atoms with Crippen LogP contribution in [0.5, 0.6) is 5.75 Å². The van der Waals surface area contributed by atoms with E-state index in [1.54, 1.807) is 0 Å². The van der Waals surface area contributed by atoms with Crippen molar-refractivity contribution >= 4 is 11.6 Å². The number of nitrogens with zero attached hydrogens (tertiary/aromatic N) is 1. The van der Waals surface area contributed by atoms with Gasteiger partial charge in [0, 0.05) is 11.4 Å². The third-order valence-corrected chi connectivity index (χ3v) is 2.31. The lowest BCUT2D eigenvalue weighted by Gasteiger charge is -2.08. The zero-order valence-electron chi connectivity index (χ0n) is 8.79. The Kier molecular flexibility index (Phi) is 5.00. The molecule has 0 fully saturated rings. The van der Waals surface area contributed by atoms with Gasteiger partial charge in [-0.15, -0.1) is 0 Å². The maximum Gasteiger partial charge on any atom is 0.122 e. The fraction of sp³-hybridized carbons (Fsp3) is 0.417. The summed E-state index contributed by atoms with van der Waals surface area (Å²) in [5, 5.41) is 9.08. The van der Waals surface area contributed by atoms with Gasteiger partial charge in [0.05, 0.1) is 12.7 Å². The topological polar surface area (TPSA) is 33.0 Å². The number of unbranched alkanes of at least 4 members (excludes halogenated alkanes) is 2. The van der Waals surface area contributed by atoms with Crippen molar-refractivity contribution in [3.63, 3.8) is 0 Å². The van der Waals surface area contributed by atoms with Crippen LogP contribution in [0.4, 0.5) is 0 Å². The monoisotopic (exact) mass is 223 g/mol. The van der Waals surface area contributed by atoms with Gasteiger partial charge in [0.25, 0.3) is 0 Å². The number of rotatable bonds is 5. The number of benzene rings is 1. The molecular weight excluding hydrogens is 210 g/mol. The molecule has 0 bridgehead atoms. The van der Waals surface area contributed by atoms with Crippen molar-refractivity contribution in [2.24, 2.45) is 0 Å². The molecule has 0 unspecified atom stereocenters. The third-order valence-electron chi connectivity index (χ3n) is 2.08. The van der Waals surface area contributed by atoms with E-state index in [-0.39, 0.29) is 0 Å². The fourth-order valence-corrected chi connectivity index (χ4v) is 1.49. The Morgan fingerprint density at radius 1 is 1.40 bits per heavy atom. The molecule has 0 aliphatic rings. The van der Waals surface area contributed by atoms with Crippen molar-refractivity contribution in [1.29, 1.82) is 5.26 Å². The first-order valence-corrected chi connectivity index (χ1v) is 5.37. The first-order chi connectivity index (χ1) is 7.24. The molecule has 0 aliphatic heterocycles. The Morgan fingerprint density at radius 2 is 2.20 bits per heavy atom. The van der Waals surface area contributed by atoms with E-state index in [9.17, 15) is 0 Å². The summed E-state index contributed by atoms with van der Waals surface area (Å²) in [5.41, 5.74) is 1.04. The average molecular weight is 224 g/mol. The van der Waals surface area contributed by atoms with Crippen LogP contribution in [-0.4, -0.2) is 6.61 Å². The lowest BCUT2D eigenvalue weighted by Crippen LogP contribution is -1.98. The van der Waals surface area contributed by atoms with Crippen LogP contribution in [0.1, 0.15) is 24.8 Å². The van der Waals surface area contributed by atoms with Crippen LogP contribution in [0.25, 0.3) is 0 Å². The summed E-state index contributed by atoms with van der Waals surface area (Å²) in [4.78, 5) is 0. The lowest BCUT2D eigenvalue weighted by molar-refractivity contribution is 0.305. The Labute approximate surface area is 95.4 Å². The van der Waals surface area contributed by atoms with Gasteiger partial charge < -0.3 is 4.74 Å². The molecule has 15 heavy (non-hydrogen) atoms. The van der Waals surface area contributed by atoms with Gasteiger partial charge in [0.1, 0.15) is 5.75 Å². The molecule has 2 nitrogen and oxygen atoms in total. The number of nitriles is 1. The molecule has 80 valence electrons. The highest BCUT2D eigenvalue weighted by Gasteiger charge is 1.99. The fourth-order valence-electron chi connectivity index (χ4n) is 1.26. The van der Waals surface area contributed by atoms with Crippen molar-refractivity contribution in [3.8, 4) is 11.8 Å². The molecule has 0 saturated heterocycles. The van der Waals surface area contributed by atoms with Crippen molar-refractivity contribution in [2.75, 3.05) is 6.61 Å². The molecule has 3 heteroatoms. The molecule has 1 rings (SSSR count). The van der Waals surface area contributed by atoms with Gasteiger partial charge in [0.2, 0.25) is 0 Å². The average Bonchev–Trinajstić information content (AvgIpc) is 2.20. The highest BCUT2D eigenvalue weighted by molar-refractivity contribution is 6.30. The molecule has 0 aliphatic carbocycles. The van der Waals surface area contributed by atoms with Crippen LogP contribution in [-0.2, 0) is 0 Å². The van der Waals surface area contributed by atoms with E-state index in [1.165, 1.54) is 0 Å². The zero-order valence-corrected chi connectivity index (χ0v) is 9.55. The van der Waals surface area contributed by atoms with E-state index >= 15 is 0 Å². The summed E-state index contributed by atoms with van der Waals surface area (Å²) in [7, 11) is 0. The molecule has 0 saturated carbocycles. The van der Waals surface area contributed by atoms with Crippen LogP contribution in [0.3, 0.4) is 0 Å². The van der Waals surface area contributed by atoms with Gasteiger partial charge in [0.15, 0.2) is 0 Å². The predicted molar refractivity (Wildman–Crippen MR) is 61.1 cm³/mol. The lowest BCUT2D eigenvalue weighted by atomic mass is 10.2. The van der Waals surface area contributed by atoms with Crippen LogP contribution < -0.4 is 4.74 Å². The number of hydrogen-bond acceptors (Lipinski definition) is 2. The first kappa shape index (κ1) is 11.9. The molecule has 0 amide bonds. The van der Waals surface area contributed by atoms with Crippen LogP contribution in [0.15, 0.2) is 18.2 Å². The van der Waals surface area contributed by atoms with Crippen LogP contribution in [0.2, 0.25) is 5.02 Å². The summed E-state index contributed by atoms with van der Waals surface area (Å²) >= 11 is 5.83. The minimum absolute atomic E-state index is 0.600. The molecule has 0 spiro atoms. The van der Waals surface area contributed by atoms with Gasteiger partial charge >= 0.3 is 0 Å². The zero-order chi connectivity index (χ0) is 11.1. The number of halogens is 1. The third kappa shape index (κ3) is 4.22. The maximum atomic E-state index is 8.35. The van der Waals surface area contributed by atoms with Gasteiger partial charge in [-0.1, -0.05) is 11.6 Å². The minimum Gasteiger partial charge on any atom is -0.493 e.